The Labute approximate surface area is 125 Å². The SMILES string of the molecule is FC(F)COCCn1c(CCCl)nc2ccc(Cl)cc21. The molecule has 1 aromatic heterocycles. The van der Waals surface area contributed by atoms with E-state index in [9.17, 15) is 8.78 Å². The zero-order chi connectivity index (χ0) is 14.5. The Kier molecular flexibility index (Phi) is 5.57. The van der Waals surface area contributed by atoms with Crippen LogP contribution in [0.15, 0.2) is 18.2 Å². The molecule has 3 nitrogen and oxygen atoms in total. The summed E-state index contributed by atoms with van der Waals surface area (Å²) >= 11 is 11.7. The van der Waals surface area contributed by atoms with Crippen molar-refractivity contribution >= 4 is 34.2 Å². The minimum Gasteiger partial charge on any atom is -0.374 e. The van der Waals surface area contributed by atoms with Gasteiger partial charge in [-0.1, -0.05) is 11.6 Å². The van der Waals surface area contributed by atoms with Gasteiger partial charge in [-0.15, -0.1) is 11.6 Å². The van der Waals surface area contributed by atoms with Crippen molar-refractivity contribution in [1.82, 2.24) is 9.55 Å². The first-order valence-corrected chi connectivity index (χ1v) is 7.09. The number of imidazole rings is 1. The van der Waals surface area contributed by atoms with Crippen LogP contribution in [-0.2, 0) is 17.7 Å². The summed E-state index contributed by atoms with van der Waals surface area (Å²) in [6.07, 6.45) is -1.85. The molecule has 0 N–H and O–H groups in total. The lowest BCUT2D eigenvalue weighted by Gasteiger charge is -2.09. The van der Waals surface area contributed by atoms with Crippen LogP contribution in [-0.4, -0.2) is 35.1 Å². The second-order valence-corrected chi connectivity index (χ2v) is 5.03. The number of aryl methyl sites for hydroxylation is 1. The zero-order valence-electron chi connectivity index (χ0n) is 10.7. The number of hydrogen-bond acceptors (Lipinski definition) is 2. The first-order chi connectivity index (χ1) is 9.61. The van der Waals surface area contributed by atoms with Gasteiger partial charge in [-0.25, -0.2) is 13.8 Å². The first-order valence-electron chi connectivity index (χ1n) is 6.18. The summed E-state index contributed by atoms with van der Waals surface area (Å²) < 4.78 is 30.9. The van der Waals surface area contributed by atoms with Crippen molar-refractivity contribution in [2.24, 2.45) is 0 Å². The van der Waals surface area contributed by atoms with Crippen molar-refractivity contribution < 1.29 is 13.5 Å². The van der Waals surface area contributed by atoms with E-state index >= 15 is 0 Å². The van der Waals surface area contributed by atoms with Crippen LogP contribution in [0.2, 0.25) is 5.02 Å². The van der Waals surface area contributed by atoms with Crippen molar-refractivity contribution in [3.05, 3.63) is 29.0 Å². The van der Waals surface area contributed by atoms with Crippen molar-refractivity contribution in [3.63, 3.8) is 0 Å². The van der Waals surface area contributed by atoms with Crippen LogP contribution in [0.3, 0.4) is 0 Å². The number of alkyl halides is 3. The standard InChI is InChI=1S/C13H14Cl2F2N2O/c14-4-3-13-18-10-2-1-9(15)7-11(10)19(13)5-6-20-8-12(16)17/h1-2,7,12H,3-6,8H2. The number of aromatic nitrogens is 2. The van der Waals surface area contributed by atoms with Gasteiger partial charge in [-0.2, -0.15) is 0 Å². The van der Waals surface area contributed by atoms with Crippen LogP contribution < -0.4 is 0 Å². The van der Waals surface area contributed by atoms with E-state index in [1.165, 1.54) is 0 Å². The molecule has 2 rings (SSSR count). The van der Waals surface area contributed by atoms with E-state index in [-0.39, 0.29) is 6.61 Å². The van der Waals surface area contributed by atoms with Crippen LogP contribution in [0.5, 0.6) is 0 Å². The molecule has 0 spiro atoms. The summed E-state index contributed by atoms with van der Waals surface area (Å²) in [5.41, 5.74) is 1.67. The molecule has 2 aromatic rings. The second-order valence-electron chi connectivity index (χ2n) is 4.22. The summed E-state index contributed by atoms with van der Waals surface area (Å²) in [6.45, 7) is 0.0750. The number of halogens is 4. The Balaban J connectivity index is 2.19. The van der Waals surface area contributed by atoms with Crippen LogP contribution in [0.25, 0.3) is 11.0 Å². The molecule has 0 saturated heterocycles. The Morgan fingerprint density at radius 3 is 2.85 bits per heavy atom. The van der Waals surface area contributed by atoms with Gasteiger partial charge in [0.1, 0.15) is 12.4 Å². The van der Waals surface area contributed by atoms with E-state index in [4.69, 9.17) is 27.9 Å². The lowest BCUT2D eigenvalue weighted by atomic mass is 10.3. The van der Waals surface area contributed by atoms with E-state index in [1.807, 2.05) is 10.6 Å². The maximum Gasteiger partial charge on any atom is 0.261 e. The fraction of sp³-hybridized carbons (Fsp3) is 0.462. The first kappa shape index (κ1) is 15.5. The Morgan fingerprint density at radius 2 is 2.15 bits per heavy atom. The van der Waals surface area contributed by atoms with Gasteiger partial charge in [0.15, 0.2) is 0 Å². The molecule has 1 aromatic carbocycles. The highest BCUT2D eigenvalue weighted by Gasteiger charge is 2.11. The van der Waals surface area contributed by atoms with Crippen LogP contribution >= 0.6 is 23.2 Å². The largest absolute Gasteiger partial charge is 0.374 e. The average molecular weight is 323 g/mol. The van der Waals surface area contributed by atoms with Gasteiger partial charge in [0.05, 0.1) is 17.6 Å². The van der Waals surface area contributed by atoms with E-state index in [0.717, 1.165) is 16.9 Å². The fourth-order valence-electron chi connectivity index (χ4n) is 2.00. The van der Waals surface area contributed by atoms with Crippen LogP contribution in [0, 0.1) is 0 Å². The molecule has 0 unspecified atom stereocenters. The molecule has 7 heteroatoms. The highest BCUT2D eigenvalue weighted by Crippen LogP contribution is 2.21. The molecule has 0 saturated carbocycles. The summed E-state index contributed by atoms with van der Waals surface area (Å²) in [4.78, 5) is 4.47. The number of rotatable bonds is 7. The molecule has 0 amide bonds. The Bertz CT molecular complexity index is 575. The number of benzene rings is 1. The maximum absolute atomic E-state index is 12.0. The van der Waals surface area contributed by atoms with Crippen LogP contribution in [0.1, 0.15) is 5.82 Å². The molecule has 0 aliphatic rings. The van der Waals surface area contributed by atoms with E-state index in [1.54, 1.807) is 12.1 Å². The predicted molar refractivity (Wildman–Crippen MR) is 76.0 cm³/mol. The summed E-state index contributed by atoms with van der Waals surface area (Å²) in [6, 6.07) is 5.39. The van der Waals surface area contributed by atoms with Gasteiger partial charge in [0.2, 0.25) is 0 Å². The van der Waals surface area contributed by atoms with Crippen molar-refractivity contribution in [2.45, 2.75) is 19.4 Å². The topological polar surface area (TPSA) is 27.1 Å². The number of ether oxygens (including phenoxy) is 1. The fourth-order valence-corrected chi connectivity index (χ4v) is 2.33. The molecular formula is C13H14Cl2F2N2O. The quantitative estimate of drug-likeness (QED) is 0.573. The maximum atomic E-state index is 12.0. The van der Waals surface area contributed by atoms with Crippen molar-refractivity contribution in [2.75, 3.05) is 19.1 Å². The van der Waals surface area contributed by atoms with Crippen molar-refractivity contribution in [1.29, 1.82) is 0 Å². The monoisotopic (exact) mass is 322 g/mol. The van der Waals surface area contributed by atoms with Crippen LogP contribution in [0.4, 0.5) is 8.78 Å². The third kappa shape index (κ3) is 3.81. The molecule has 20 heavy (non-hydrogen) atoms. The minimum absolute atomic E-state index is 0.192. The van der Waals surface area contributed by atoms with E-state index in [2.05, 4.69) is 4.98 Å². The van der Waals surface area contributed by atoms with Gasteiger partial charge >= 0.3 is 0 Å². The summed E-state index contributed by atoms with van der Waals surface area (Å²) in [5.74, 6) is 1.24. The minimum atomic E-state index is -2.45. The summed E-state index contributed by atoms with van der Waals surface area (Å²) in [7, 11) is 0. The lowest BCUT2D eigenvalue weighted by Crippen LogP contribution is -2.13. The van der Waals surface area contributed by atoms with E-state index < -0.39 is 13.0 Å². The molecule has 0 radical (unpaired) electrons. The molecule has 0 aliphatic carbocycles. The molecule has 110 valence electrons. The predicted octanol–water partition coefficient (Wildman–Crippen LogP) is 3.75. The van der Waals surface area contributed by atoms with Crippen molar-refractivity contribution in [3.8, 4) is 0 Å². The summed E-state index contributed by atoms with van der Waals surface area (Å²) in [5, 5.41) is 0.601. The molecule has 0 fully saturated rings. The zero-order valence-corrected chi connectivity index (χ0v) is 12.2. The highest BCUT2D eigenvalue weighted by molar-refractivity contribution is 6.31. The van der Waals surface area contributed by atoms with Gasteiger partial charge in [0, 0.05) is 23.9 Å². The third-order valence-corrected chi connectivity index (χ3v) is 3.23. The third-order valence-electron chi connectivity index (χ3n) is 2.81. The smallest absolute Gasteiger partial charge is 0.261 e. The highest BCUT2D eigenvalue weighted by atomic mass is 35.5. The molecule has 1 heterocycles. The molecule has 0 atom stereocenters. The number of nitrogens with zero attached hydrogens (tertiary/aromatic N) is 2. The molecule has 0 bridgehead atoms. The van der Waals surface area contributed by atoms with E-state index in [0.29, 0.717) is 23.9 Å². The lowest BCUT2D eigenvalue weighted by molar-refractivity contribution is 0.0148. The average Bonchev–Trinajstić information content (AvgIpc) is 2.72. The Morgan fingerprint density at radius 1 is 1.35 bits per heavy atom. The normalized spacial score (nSPS) is 11.7. The Hall–Kier alpha value is -0.910. The van der Waals surface area contributed by atoms with Gasteiger partial charge in [-0.3, -0.25) is 0 Å². The number of fused-ring (bicyclic) bond motifs is 1. The number of hydrogen-bond donors (Lipinski definition) is 0. The van der Waals surface area contributed by atoms with Gasteiger partial charge in [0.25, 0.3) is 6.43 Å². The molecular weight excluding hydrogens is 309 g/mol. The second kappa shape index (κ2) is 7.20. The van der Waals surface area contributed by atoms with Gasteiger partial charge in [-0.05, 0) is 18.2 Å². The van der Waals surface area contributed by atoms with Gasteiger partial charge < -0.3 is 9.30 Å². The molecule has 0 aliphatic heterocycles.